The smallest absolute Gasteiger partial charge is 0.335 e. The second-order valence-corrected chi connectivity index (χ2v) is 7.38. The molecular weight excluding hydrogens is 390 g/mol. The quantitative estimate of drug-likeness (QED) is 0.480. The predicted molar refractivity (Wildman–Crippen MR) is 108 cm³/mol. The lowest BCUT2D eigenvalue weighted by molar-refractivity contribution is 0.0697. The minimum Gasteiger partial charge on any atom is -0.478 e. The van der Waals surface area contributed by atoms with E-state index in [2.05, 4.69) is 20.3 Å². The maximum Gasteiger partial charge on any atom is 0.335 e. The Hall–Kier alpha value is -3.68. The molecular formula is C22H16F2N4O2. The maximum absolute atomic E-state index is 14.1. The molecule has 0 atom stereocenters. The molecule has 6 nitrogen and oxygen atoms in total. The van der Waals surface area contributed by atoms with Gasteiger partial charge in [-0.15, -0.1) is 0 Å². The Morgan fingerprint density at radius 2 is 1.93 bits per heavy atom. The molecule has 0 saturated heterocycles. The van der Waals surface area contributed by atoms with E-state index in [0.29, 0.717) is 34.3 Å². The second-order valence-electron chi connectivity index (χ2n) is 7.38. The minimum absolute atomic E-state index is 0.112. The summed E-state index contributed by atoms with van der Waals surface area (Å²) in [5.41, 5.74) is 1.57. The van der Waals surface area contributed by atoms with Crippen LogP contribution in [0.5, 0.6) is 0 Å². The van der Waals surface area contributed by atoms with Gasteiger partial charge in [0.1, 0.15) is 23.0 Å². The lowest BCUT2D eigenvalue weighted by Crippen LogP contribution is -2.07. The number of hydrogen-bond acceptors (Lipinski definition) is 5. The molecule has 0 radical (unpaired) electrons. The van der Waals surface area contributed by atoms with E-state index in [1.807, 2.05) is 0 Å². The Kier molecular flexibility index (Phi) is 4.27. The molecule has 4 aromatic rings. The highest BCUT2D eigenvalue weighted by Crippen LogP contribution is 2.32. The van der Waals surface area contributed by atoms with Gasteiger partial charge in [0.15, 0.2) is 5.82 Å². The van der Waals surface area contributed by atoms with Gasteiger partial charge >= 0.3 is 5.97 Å². The molecule has 1 saturated carbocycles. The van der Waals surface area contributed by atoms with E-state index in [1.165, 1.54) is 24.3 Å². The summed E-state index contributed by atoms with van der Waals surface area (Å²) in [5, 5.41) is 14.1. The van der Waals surface area contributed by atoms with Crippen molar-refractivity contribution < 1.29 is 18.7 Å². The number of carbonyl (C=O) groups is 1. The zero-order chi connectivity index (χ0) is 20.8. The van der Waals surface area contributed by atoms with E-state index >= 15 is 0 Å². The molecule has 0 unspecified atom stereocenters. The van der Waals surface area contributed by atoms with Crippen LogP contribution in [-0.4, -0.2) is 32.1 Å². The van der Waals surface area contributed by atoms with Crippen molar-refractivity contribution in [3.05, 3.63) is 71.2 Å². The molecule has 2 aromatic carbocycles. The van der Waals surface area contributed by atoms with E-state index in [-0.39, 0.29) is 12.0 Å². The van der Waals surface area contributed by atoms with Crippen molar-refractivity contribution in [2.45, 2.75) is 25.3 Å². The number of anilines is 1. The SMILES string of the molecule is O=C(O)c1ccc2c(c1)nc(NC1CC1)c1nc(Cc3ccc(F)cc3F)ncc12. The number of pyridine rings is 1. The molecule has 2 aromatic heterocycles. The molecule has 8 heteroatoms. The summed E-state index contributed by atoms with van der Waals surface area (Å²) in [6, 6.07) is 8.46. The summed E-state index contributed by atoms with van der Waals surface area (Å²) < 4.78 is 27.2. The van der Waals surface area contributed by atoms with E-state index in [9.17, 15) is 18.7 Å². The number of hydrogen-bond donors (Lipinski definition) is 2. The number of carboxylic acid groups (broad SMARTS) is 1. The molecule has 0 aliphatic heterocycles. The van der Waals surface area contributed by atoms with Crippen LogP contribution in [0, 0.1) is 11.6 Å². The van der Waals surface area contributed by atoms with Crippen molar-refractivity contribution in [2.24, 2.45) is 0 Å². The van der Waals surface area contributed by atoms with E-state index in [1.54, 1.807) is 12.3 Å². The van der Waals surface area contributed by atoms with Crippen molar-refractivity contribution in [1.29, 1.82) is 0 Å². The Labute approximate surface area is 169 Å². The van der Waals surface area contributed by atoms with Gasteiger partial charge < -0.3 is 10.4 Å². The number of nitrogens with one attached hydrogen (secondary N) is 1. The molecule has 150 valence electrons. The van der Waals surface area contributed by atoms with Crippen LogP contribution in [-0.2, 0) is 6.42 Å². The lowest BCUT2D eigenvalue weighted by Gasteiger charge is -2.12. The summed E-state index contributed by atoms with van der Waals surface area (Å²) in [4.78, 5) is 24.9. The lowest BCUT2D eigenvalue weighted by atomic mass is 10.1. The summed E-state index contributed by atoms with van der Waals surface area (Å²) in [6.45, 7) is 0. The van der Waals surface area contributed by atoms with Crippen LogP contribution >= 0.6 is 0 Å². The van der Waals surface area contributed by atoms with Crippen molar-refractivity contribution in [3.8, 4) is 0 Å². The van der Waals surface area contributed by atoms with Gasteiger partial charge in [-0.3, -0.25) is 0 Å². The van der Waals surface area contributed by atoms with Crippen LogP contribution in [0.4, 0.5) is 14.6 Å². The first kappa shape index (κ1) is 18.4. The molecule has 0 spiro atoms. The monoisotopic (exact) mass is 406 g/mol. The van der Waals surface area contributed by atoms with Crippen molar-refractivity contribution >= 4 is 33.6 Å². The van der Waals surface area contributed by atoms with Gasteiger partial charge in [-0.2, -0.15) is 0 Å². The summed E-state index contributed by atoms with van der Waals surface area (Å²) >= 11 is 0. The highest BCUT2D eigenvalue weighted by Gasteiger charge is 2.24. The van der Waals surface area contributed by atoms with Crippen LogP contribution in [0.25, 0.3) is 21.8 Å². The average Bonchev–Trinajstić information content (AvgIpc) is 3.54. The third-order valence-corrected chi connectivity index (χ3v) is 5.11. The van der Waals surface area contributed by atoms with E-state index in [0.717, 1.165) is 29.7 Å². The number of carboxylic acids is 1. The zero-order valence-electron chi connectivity index (χ0n) is 15.7. The normalized spacial score (nSPS) is 13.7. The Bertz CT molecular complexity index is 1320. The summed E-state index contributed by atoms with van der Waals surface area (Å²) in [6.07, 6.45) is 3.80. The van der Waals surface area contributed by atoms with Gasteiger partial charge in [-0.25, -0.2) is 28.5 Å². The molecule has 1 fully saturated rings. The number of aromatic carboxylic acids is 1. The van der Waals surface area contributed by atoms with Gasteiger partial charge in [0, 0.05) is 35.5 Å². The van der Waals surface area contributed by atoms with Crippen LogP contribution in [0.3, 0.4) is 0 Å². The third kappa shape index (κ3) is 3.41. The third-order valence-electron chi connectivity index (χ3n) is 5.11. The van der Waals surface area contributed by atoms with Gasteiger partial charge in [-0.1, -0.05) is 12.1 Å². The summed E-state index contributed by atoms with van der Waals surface area (Å²) in [7, 11) is 0. The van der Waals surface area contributed by atoms with Crippen molar-refractivity contribution in [1.82, 2.24) is 15.0 Å². The predicted octanol–water partition coefficient (Wildman–Crippen LogP) is 4.32. The first-order valence-electron chi connectivity index (χ1n) is 9.51. The van der Waals surface area contributed by atoms with Gasteiger partial charge in [0.2, 0.25) is 0 Å². The van der Waals surface area contributed by atoms with Crippen LogP contribution < -0.4 is 5.32 Å². The average molecular weight is 406 g/mol. The maximum atomic E-state index is 14.1. The van der Waals surface area contributed by atoms with Crippen LogP contribution in [0.15, 0.2) is 42.6 Å². The highest BCUT2D eigenvalue weighted by molar-refractivity contribution is 6.09. The Balaban J connectivity index is 1.64. The molecule has 0 amide bonds. The Morgan fingerprint density at radius 1 is 1.10 bits per heavy atom. The fourth-order valence-electron chi connectivity index (χ4n) is 3.40. The number of aromatic nitrogens is 3. The standard InChI is InChI=1S/C22H16F2N4O2/c23-13-3-1-11(17(24)9-13)8-19-25-10-16-15-6-2-12(22(29)30)7-18(15)27-21(20(16)28-19)26-14-4-5-14/h1-3,6-7,9-10,14H,4-5,8H2,(H,26,27)(H,29,30). The van der Waals surface area contributed by atoms with Crippen molar-refractivity contribution in [3.63, 3.8) is 0 Å². The van der Waals surface area contributed by atoms with E-state index in [4.69, 9.17) is 0 Å². The minimum atomic E-state index is -1.02. The van der Waals surface area contributed by atoms with Crippen molar-refractivity contribution in [2.75, 3.05) is 5.32 Å². The van der Waals surface area contributed by atoms with Gasteiger partial charge in [0.25, 0.3) is 0 Å². The number of nitrogens with zero attached hydrogens (tertiary/aromatic N) is 3. The number of benzene rings is 2. The molecule has 1 aliphatic rings. The molecule has 0 bridgehead atoms. The fourth-order valence-corrected chi connectivity index (χ4v) is 3.40. The first-order valence-corrected chi connectivity index (χ1v) is 9.51. The highest BCUT2D eigenvalue weighted by atomic mass is 19.1. The Morgan fingerprint density at radius 3 is 2.67 bits per heavy atom. The molecule has 5 rings (SSSR count). The molecule has 1 aliphatic carbocycles. The summed E-state index contributed by atoms with van der Waals surface area (Å²) in [5.74, 6) is -1.37. The topological polar surface area (TPSA) is 88.0 Å². The van der Waals surface area contributed by atoms with Crippen LogP contribution in [0.2, 0.25) is 0 Å². The number of fused-ring (bicyclic) bond motifs is 3. The first-order chi connectivity index (χ1) is 14.5. The fraction of sp³-hybridized carbons (Fsp3) is 0.182. The second kappa shape index (κ2) is 6.98. The number of rotatable bonds is 5. The molecule has 2 heterocycles. The molecule has 2 N–H and O–H groups in total. The zero-order valence-corrected chi connectivity index (χ0v) is 15.7. The van der Waals surface area contributed by atoms with Crippen LogP contribution in [0.1, 0.15) is 34.6 Å². The number of halogens is 2. The van der Waals surface area contributed by atoms with Gasteiger partial charge in [-0.05, 0) is 36.6 Å². The largest absolute Gasteiger partial charge is 0.478 e. The van der Waals surface area contributed by atoms with Gasteiger partial charge in [0.05, 0.1) is 11.1 Å². The molecule has 30 heavy (non-hydrogen) atoms. The van der Waals surface area contributed by atoms with E-state index < -0.39 is 17.6 Å².